The summed E-state index contributed by atoms with van der Waals surface area (Å²) < 4.78 is 27.3. The number of carbonyl (C=O) groups excluding carboxylic acids is 2. The van der Waals surface area contributed by atoms with E-state index in [9.17, 15) is 18.0 Å². The van der Waals surface area contributed by atoms with Crippen LogP contribution in [0.5, 0.6) is 0 Å². The lowest BCUT2D eigenvalue weighted by molar-refractivity contribution is -0.127. The summed E-state index contributed by atoms with van der Waals surface area (Å²) in [6, 6.07) is 15.1. The Morgan fingerprint density at radius 2 is 1.88 bits per heavy atom. The van der Waals surface area contributed by atoms with Crippen LogP contribution < -0.4 is 14.9 Å². The molecule has 0 spiro atoms. The van der Waals surface area contributed by atoms with E-state index in [1.54, 1.807) is 36.4 Å². The van der Waals surface area contributed by atoms with E-state index < -0.39 is 10.0 Å². The van der Waals surface area contributed by atoms with Gasteiger partial charge in [-0.05, 0) is 56.1 Å². The summed E-state index contributed by atoms with van der Waals surface area (Å²) in [6.45, 7) is 4.22. The lowest BCUT2D eigenvalue weighted by atomic mass is 9.97. The second-order valence-corrected chi connectivity index (χ2v) is 10.6. The Hall–Kier alpha value is -2.91. The minimum atomic E-state index is -3.78. The van der Waals surface area contributed by atoms with Crippen LogP contribution in [0.3, 0.4) is 0 Å². The standard InChI is InChI=1S/C25H34N4O4S/c1-3-4-15-26-25(31)20-10-9-16-29(18-20)19-24(30)27-21-11-8-14-23(17-21)34(32,33)28(2)22-12-6-5-7-13-22/h5-8,11-14,17,20H,3-4,9-10,15-16,18-19H2,1-2H3,(H,26,31)(H,27,30). The predicted octanol–water partition coefficient (Wildman–Crippen LogP) is 3.08. The zero-order valence-electron chi connectivity index (χ0n) is 19.9. The molecule has 0 aliphatic carbocycles. The van der Waals surface area contributed by atoms with Crippen LogP contribution in [0.4, 0.5) is 11.4 Å². The lowest BCUT2D eigenvalue weighted by Crippen LogP contribution is -2.45. The van der Waals surface area contributed by atoms with Gasteiger partial charge >= 0.3 is 0 Å². The molecule has 1 unspecified atom stereocenters. The topological polar surface area (TPSA) is 98.8 Å². The van der Waals surface area contributed by atoms with Crippen molar-refractivity contribution in [2.24, 2.45) is 5.92 Å². The molecule has 34 heavy (non-hydrogen) atoms. The number of nitrogens with zero attached hydrogens (tertiary/aromatic N) is 2. The molecular weight excluding hydrogens is 452 g/mol. The maximum atomic E-state index is 13.0. The van der Waals surface area contributed by atoms with Crippen molar-refractivity contribution in [3.05, 3.63) is 54.6 Å². The van der Waals surface area contributed by atoms with E-state index in [2.05, 4.69) is 17.6 Å². The van der Waals surface area contributed by atoms with Crippen molar-refractivity contribution in [1.82, 2.24) is 10.2 Å². The van der Waals surface area contributed by atoms with E-state index in [4.69, 9.17) is 0 Å². The van der Waals surface area contributed by atoms with E-state index in [0.717, 1.165) is 32.2 Å². The molecule has 8 nitrogen and oxygen atoms in total. The number of amides is 2. The van der Waals surface area contributed by atoms with Gasteiger partial charge in [-0.15, -0.1) is 0 Å². The van der Waals surface area contributed by atoms with Gasteiger partial charge < -0.3 is 10.6 Å². The number of likely N-dealkylation sites (tertiary alicyclic amines) is 1. The maximum Gasteiger partial charge on any atom is 0.264 e. The molecule has 0 saturated carbocycles. The minimum absolute atomic E-state index is 0.0546. The largest absolute Gasteiger partial charge is 0.356 e. The summed E-state index contributed by atoms with van der Waals surface area (Å²) in [6.07, 6.45) is 3.67. The summed E-state index contributed by atoms with van der Waals surface area (Å²) >= 11 is 0. The Bertz CT molecular complexity index is 1080. The van der Waals surface area contributed by atoms with Crippen LogP contribution in [0.25, 0.3) is 0 Å². The number of anilines is 2. The van der Waals surface area contributed by atoms with Crippen molar-refractivity contribution >= 4 is 33.2 Å². The highest BCUT2D eigenvalue weighted by Gasteiger charge is 2.27. The molecule has 1 heterocycles. The van der Waals surface area contributed by atoms with E-state index >= 15 is 0 Å². The molecular formula is C25H34N4O4S. The second kappa shape index (κ2) is 12.0. The maximum absolute atomic E-state index is 13.0. The van der Waals surface area contributed by atoms with E-state index in [-0.39, 0.29) is 29.2 Å². The Balaban J connectivity index is 1.59. The first-order valence-corrected chi connectivity index (χ1v) is 13.2. The Morgan fingerprint density at radius 3 is 2.62 bits per heavy atom. The van der Waals surface area contributed by atoms with Crippen LogP contribution in [0.1, 0.15) is 32.6 Å². The SMILES string of the molecule is CCCCNC(=O)C1CCCN(CC(=O)Nc2cccc(S(=O)(=O)N(C)c3ccccc3)c2)C1. The second-order valence-electron chi connectivity index (χ2n) is 8.60. The van der Waals surface area contributed by atoms with Gasteiger partial charge in [0.25, 0.3) is 10.0 Å². The fraction of sp³-hybridized carbons (Fsp3) is 0.440. The smallest absolute Gasteiger partial charge is 0.264 e. The van der Waals surface area contributed by atoms with Crippen LogP contribution in [0.2, 0.25) is 0 Å². The van der Waals surface area contributed by atoms with Crippen LogP contribution in [-0.2, 0) is 19.6 Å². The normalized spacial score (nSPS) is 16.6. The van der Waals surface area contributed by atoms with E-state index in [1.807, 2.05) is 11.0 Å². The molecule has 1 saturated heterocycles. The van der Waals surface area contributed by atoms with Crippen molar-refractivity contribution in [3.63, 3.8) is 0 Å². The number of benzene rings is 2. The summed E-state index contributed by atoms with van der Waals surface area (Å²) in [5, 5.41) is 5.78. The zero-order chi connectivity index (χ0) is 24.6. The number of nitrogens with one attached hydrogen (secondary N) is 2. The fourth-order valence-corrected chi connectivity index (χ4v) is 5.26. The van der Waals surface area contributed by atoms with Crippen LogP contribution in [0, 0.1) is 5.92 Å². The number of piperidine rings is 1. The van der Waals surface area contributed by atoms with Gasteiger partial charge in [0.2, 0.25) is 11.8 Å². The first kappa shape index (κ1) is 25.7. The Kier molecular flexibility index (Phi) is 9.06. The fourth-order valence-electron chi connectivity index (χ4n) is 4.02. The average molecular weight is 487 g/mol. The average Bonchev–Trinajstić information content (AvgIpc) is 2.84. The van der Waals surface area contributed by atoms with Gasteiger partial charge in [-0.25, -0.2) is 8.42 Å². The molecule has 0 aromatic heterocycles. The Morgan fingerprint density at radius 1 is 1.12 bits per heavy atom. The third-order valence-electron chi connectivity index (χ3n) is 5.97. The van der Waals surface area contributed by atoms with Gasteiger partial charge in [0.15, 0.2) is 0 Å². The summed E-state index contributed by atoms with van der Waals surface area (Å²) in [4.78, 5) is 27.1. The van der Waals surface area contributed by atoms with Crippen LogP contribution >= 0.6 is 0 Å². The third-order valence-corrected chi connectivity index (χ3v) is 7.75. The molecule has 1 aliphatic rings. The van der Waals surface area contributed by atoms with Gasteiger partial charge in [-0.1, -0.05) is 37.6 Å². The molecule has 2 N–H and O–H groups in total. The minimum Gasteiger partial charge on any atom is -0.356 e. The highest BCUT2D eigenvalue weighted by atomic mass is 32.2. The molecule has 2 aromatic rings. The first-order chi connectivity index (χ1) is 16.3. The number of unbranched alkanes of at least 4 members (excludes halogenated alkanes) is 1. The molecule has 3 rings (SSSR count). The monoisotopic (exact) mass is 486 g/mol. The summed E-state index contributed by atoms with van der Waals surface area (Å²) in [7, 11) is -2.28. The molecule has 1 atom stereocenters. The summed E-state index contributed by atoms with van der Waals surface area (Å²) in [5.41, 5.74) is 0.966. The van der Waals surface area contributed by atoms with Gasteiger partial charge in [0.1, 0.15) is 0 Å². The van der Waals surface area contributed by atoms with Crippen molar-refractivity contribution in [1.29, 1.82) is 0 Å². The Labute approximate surface area is 202 Å². The van der Waals surface area contributed by atoms with Gasteiger partial charge in [0.05, 0.1) is 23.0 Å². The molecule has 9 heteroatoms. The van der Waals surface area contributed by atoms with Crippen molar-refractivity contribution in [2.45, 2.75) is 37.5 Å². The number of para-hydroxylation sites is 1. The number of hydrogen-bond acceptors (Lipinski definition) is 5. The predicted molar refractivity (Wildman–Crippen MR) is 134 cm³/mol. The highest BCUT2D eigenvalue weighted by molar-refractivity contribution is 7.92. The molecule has 2 amide bonds. The number of rotatable bonds is 10. The third kappa shape index (κ3) is 6.80. The number of carbonyl (C=O) groups is 2. The highest BCUT2D eigenvalue weighted by Crippen LogP contribution is 2.24. The first-order valence-electron chi connectivity index (χ1n) is 11.7. The molecule has 0 radical (unpaired) electrons. The molecule has 1 fully saturated rings. The van der Waals surface area contributed by atoms with Gasteiger partial charge in [-0.2, -0.15) is 0 Å². The number of hydrogen-bond donors (Lipinski definition) is 2. The van der Waals surface area contributed by atoms with Gasteiger partial charge in [-0.3, -0.25) is 18.8 Å². The molecule has 184 valence electrons. The van der Waals surface area contributed by atoms with Crippen molar-refractivity contribution < 1.29 is 18.0 Å². The molecule has 2 aromatic carbocycles. The van der Waals surface area contributed by atoms with E-state index in [1.165, 1.54) is 23.5 Å². The molecule has 1 aliphatic heterocycles. The van der Waals surface area contributed by atoms with Crippen molar-refractivity contribution in [3.8, 4) is 0 Å². The van der Waals surface area contributed by atoms with Crippen LogP contribution in [-0.4, -0.2) is 58.4 Å². The lowest BCUT2D eigenvalue weighted by Gasteiger charge is -2.31. The quantitative estimate of drug-likeness (QED) is 0.503. The van der Waals surface area contributed by atoms with E-state index in [0.29, 0.717) is 24.5 Å². The molecule has 0 bridgehead atoms. The zero-order valence-corrected chi connectivity index (χ0v) is 20.7. The van der Waals surface area contributed by atoms with Crippen LogP contribution in [0.15, 0.2) is 59.5 Å². The summed E-state index contributed by atoms with van der Waals surface area (Å²) in [5.74, 6) is -0.294. The van der Waals surface area contributed by atoms with Crippen molar-refractivity contribution in [2.75, 3.05) is 42.8 Å². The number of sulfonamides is 1. The van der Waals surface area contributed by atoms with Gasteiger partial charge in [0, 0.05) is 25.8 Å².